The Balaban J connectivity index is 1.23. The molecule has 0 bridgehead atoms. The van der Waals surface area contributed by atoms with Gasteiger partial charge in [-0.15, -0.1) is 0 Å². The number of anilines is 1. The lowest BCUT2D eigenvalue weighted by molar-refractivity contribution is 0.0216. The van der Waals surface area contributed by atoms with Crippen LogP contribution in [0.3, 0.4) is 0 Å². The van der Waals surface area contributed by atoms with Gasteiger partial charge in [0.1, 0.15) is 40.5 Å². The molecule has 66 heavy (non-hydrogen) atoms. The Morgan fingerprint density at radius 2 is 1.48 bits per heavy atom. The number of carbonyl (C=O) groups excluding carboxylic acids is 4. The lowest BCUT2D eigenvalue weighted by Crippen LogP contribution is -2.36. The first-order valence-electron chi connectivity index (χ1n) is 21.4. The maximum absolute atomic E-state index is 13.6. The molecule has 4 amide bonds. The Hall–Kier alpha value is -7.68. The summed E-state index contributed by atoms with van der Waals surface area (Å²) in [5.41, 5.74) is 15.7. The molecule has 7 rings (SSSR count). The number of amides is 4. The lowest BCUT2D eigenvalue weighted by atomic mass is 10.1. The van der Waals surface area contributed by atoms with Crippen LogP contribution in [-0.2, 0) is 35.7 Å². The van der Waals surface area contributed by atoms with Crippen molar-refractivity contribution in [3.8, 4) is 17.3 Å². The maximum atomic E-state index is 13.6. The highest BCUT2D eigenvalue weighted by atomic mass is 16.6. The maximum Gasteiger partial charge on any atom is 0.410 e. The van der Waals surface area contributed by atoms with Gasteiger partial charge in [0.25, 0.3) is 5.91 Å². The highest BCUT2D eigenvalue weighted by molar-refractivity contribution is 6.12. The van der Waals surface area contributed by atoms with Crippen LogP contribution >= 0.6 is 0 Å². The molecule has 5 N–H and O–H groups in total. The summed E-state index contributed by atoms with van der Waals surface area (Å²) >= 11 is 0. The van der Waals surface area contributed by atoms with Gasteiger partial charge in [-0.25, -0.2) is 24.7 Å². The van der Waals surface area contributed by atoms with E-state index in [4.69, 9.17) is 35.6 Å². The number of aromatic nitrogens is 10. The van der Waals surface area contributed by atoms with Crippen LogP contribution in [0.2, 0.25) is 0 Å². The number of nitrogens with two attached hydrogens (primary N) is 2. The van der Waals surface area contributed by atoms with Gasteiger partial charge in [-0.3, -0.25) is 33.6 Å². The van der Waals surface area contributed by atoms with Crippen molar-refractivity contribution in [1.82, 2.24) is 53.5 Å². The monoisotopic (exact) mass is 902 g/mol. The Bertz CT molecular complexity index is 3010. The standard InChI is InChI=1S/C45H54N14O7/c1-9-58-33(19-26(3)53-58)39-48-25-31-30-21-28(37(46)60)23-35(65-18-17-64-16-15-55(8)44(63)66-45(5,6)7)36(30)56(40(31)51-39)13-11-12-14-57-41-32(22-29(24-49-41)38(47)61)50-43(57)52-42(62)34-20-27(4)54-59(34)10-2/h11-12,19-25H,9-10,13-18H2,1-8H3,(H2,46,60)(H2,47,61)(H,50,52,62)/b12-11+. The number of ether oxygens (including phenoxy) is 3. The molecule has 0 spiro atoms. The predicted octanol–water partition coefficient (Wildman–Crippen LogP) is 5.01. The Morgan fingerprint density at radius 1 is 0.788 bits per heavy atom. The van der Waals surface area contributed by atoms with Crippen molar-refractivity contribution in [2.45, 2.75) is 80.2 Å². The summed E-state index contributed by atoms with van der Waals surface area (Å²) in [6.07, 6.45) is 6.43. The molecule has 0 atom stereocenters. The SMILES string of the molecule is CCn1nc(C)cc1C(=O)Nc1nc2cc(C(N)=O)cnc2n1C/C=C/Cn1c2nc(-c3cc(C)nn3CC)ncc2c2cc(C(N)=O)cc(OCCOCCN(C)C(=O)OC(C)(C)C)c21. The summed E-state index contributed by atoms with van der Waals surface area (Å²) in [6.45, 7) is 15.3. The lowest BCUT2D eigenvalue weighted by Gasteiger charge is -2.24. The first-order chi connectivity index (χ1) is 31.5. The van der Waals surface area contributed by atoms with Gasteiger partial charge in [0.15, 0.2) is 11.5 Å². The van der Waals surface area contributed by atoms with Gasteiger partial charge in [-0.1, -0.05) is 12.2 Å². The minimum atomic E-state index is -0.666. The number of primary amides is 2. The van der Waals surface area contributed by atoms with Crippen LogP contribution in [0.5, 0.6) is 5.75 Å². The van der Waals surface area contributed by atoms with Crippen LogP contribution in [0.1, 0.15) is 77.2 Å². The first kappa shape index (κ1) is 46.3. The Kier molecular flexibility index (Phi) is 13.5. The summed E-state index contributed by atoms with van der Waals surface area (Å²) in [7, 11) is 1.64. The van der Waals surface area contributed by atoms with E-state index in [0.29, 0.717) is 75.7 Å². The molecular weight excluding hydrogens is 849 g/mol. The normalized spacial score (nSPS) is 11.9. The molecule has 346 valence electrons. The van der Waals surface area contributed by atoms with E-state index in [2.05, 4.69) is 25.5 Å². The average Bonchev–Trinajstić information content (AvgIpc) is 4.03. The predicted molar refractivity (Wildman–Crippen MR) is 246 cm³/mol. The van der Waals surface area contributed by atoms with Gasteiger partial charge in [-0.2, -0.15) is 10.2 Å². The van der Waals surface area contributed by atoms with E-state index in [0.717, 1.165) is 11.4 Å². The molecule has 0 aliphatic heterocycles. The van der Waals surface area contributed by atoms with Crippen LogP contribution in [0.15, 0.2) is 54.9 Å². The third kappa shape index (κ3) is 9.99. The summed E-state index contributed by atoms with van der Waals surface area (Å²) < 4.78 is 24.7. The summed E-state index contributed by atoms with van der Waals surface area (Å²) in [4.78, 5) is 71.2. The fraction of sp³-hybridized carbons (Fsp3) is 0.378. The highest BCUT2D eigenvalue weighted by Crippen LogP contribution is 2.36. The molecular formula is C45H54N14O7. The molecule has 0 saturated heterocycles. The molecule has 6 heterocycles. The number of fused-ring (bicyclic) bond motifs is 4. The van der Waals surface area contributed by atoms with E-state index in [1.165, 1.54) is 17.2 Å². The molecule has 0 saturated carbocycles. The van der Waals surface area contributed by atoms with Gasteiger partial charge in [0, 0.05) is 68.5 Å². The summed E-state index contributed by atoms with van der Waals surface area (Å²) in [6, 6.07) is 8.43. The van der Waals surface area contributed by atoms with Crippen molar-refractivity contribution in [1.29, 1.82) is 0 Å². The number of imidazole rings is 1. The first-order valence-corrected chi connectivity index (χ1v) is 21.4. The van der Waals surface area contributed by atoms with E-state index in [-0.39, 0.29) is 50.0 Å². The van der Waals surface area contributed by atoms with Crippen LogP contribution < -0.4 is 21.5 Å². The van der Waals surface area contributed by atoms with Gasteiger partial charge in [0.2, 0.25) is 17.8 Å². The third-order valence-corrected chi connectivity index (χ3v) is 10.4. The van der Waals surface area contributed by atoms with Gasteiger partial charge in [-0.05, 0) is 78.8 Å². The fourth-order valence-corrected chi connectivity index (χ4v) is 7.34. The minimum absolute atomic E-state index is 0.0992. The van der Waals surface area contributed by atoms with Crippen molar-refractivity contribution in [3.63, 3.8) is 0 Å². The second-order valence-electron chi connectivity index (χ2n) is 16.5. The topological polar surface area (TPSA) is 260 Å². The Labute approximate surface area is 379 Å². The number of likely N-dealkylation sites (N-methyl/N-ethyl adjacent to an activating group) is 1. The van der Waals surface area contributed by atoms with E-state index >= 15 is 0 Å². The van der Waals surface area contributed by atoms with E-state index in [1.54, 1.807) is 61.5 Å². The van der Waals surface area contributed by atoms with Crippen molar-refractivity contribution >= 4 is 62.9 Å². The second-order valence-corrected chi connectivity index (χ2v) is 16.5. The number of hydrogen-bond acceptors (Lipinski definition) is 13. The van der Waals surface area contributed by atoms with Crippen LogP contribution in [0.4, 0.5) is 10.7 Å². The molecule has 0 aliphatic rings. The number of carbonyl (C=O) groups is 4. The molecule has 1 aromatic carbocycles. The van der Waals surface area contributed by atoms with E-state index in [1.807, 2.05) is 55.2 Å². The summed E-state index contributed by atoms with van der Waals surface area (Å²) in [5, 5.41) is 13.2. The molecule has 0 unspecified atom stereocenters. The molecule has 21 heteroatoms. The van der Waals surface area contributed by atoms with Crippen molar-refractivity contribution in [3.05, 3.63) is 83.1 Å². The molecule has 7 aromatic rings. The number of nitrogens with zero attached hydrogens (tertiary/aromatic N) is 11. The van der Waals surface area contributed by atoms with Crippen LogP contribution in [0.25, 0.3) is 44.6 Å². The number of aryl methyl sites for hydroxylation is 4. The van der Waals surface area contributed by atoms with Crippen LogP contribution in [-0.4, -0.2) is 116 Å². The zero-order valence-corrected chi connectivity index (χ0v) is 38.3. The zero-order chi connectivity index (χ0) is 47.4. The largest absolute Gasteiger partial charge is 0.489 e. The molecule has 0 fully saturated rings. The molecule has 0 aliphatic carbocycles. The Morgan fingerprint density at radius 3 is 2.18 bits per heavy atom. The number of allylic oxidation sites excluding steroid dienone is 2. The van der Waals surface area contributed by atoms with Gasteiger partial charge in [0.05, 0.1) is 35.7 Å². The molecule has 0 radical (unpaired) electrons. The minimum Gasteiger partial charge on any atom is -0.489 e. The van der Waals surface area contributed by atoms with Gasteiger partial charge < -0.3 is 35.1 Å². The zero-order valence-electron chi connectivity index (χ0n) is 38.3. The van der Waals surface area contributed by atoms with Crippen LogP contribution in [0, 0.1) is 13.8 Å². The smallest absolute Gasteiger partial charge is 0.410 e. The van der Waals surface area contributed by atoms with Crippen molar-refractivity contribution in [2.75, 3.05) is 38.7 Å². The molecule has 21 nitrogen and oxygen atoms in total. The quantitative estimate of drug-likeness (QED) is 0.0756. The number of hydrogen-bond donors (Lipinski definition) is 3. The van der Waals surface area contributed by atoms with Gasteiger partial charge >= 0.3 is 6.09 Å². The van der Waals surface area contributed by atoms with E-state index in [9.17, 15) is 19.2 Å². The van der Waals surface area contributed by atoms with Crippen molar-refractivity contribution < 1.29 is 33.4 Å². The van der Waals surface area contributed by atoms with E-state index < -0.39 is 29.4 Å². The average molecular weight is 903 g/mol. The fourth-order valence-electron chi connectivity index (χ4n) is 7.34. The summed E-state index contributed by atoms with van der Waals surface area (Å²) in [5.74, 6) is -0.728. The van der Waals surface area contributed by atoms with Crippen molar-refractivity contribution in [2.24, 2.45) is 11.5 Å². The highest BCUT2D eigenvalue weighted by Gasteiger charge is 2.23. The number of nitrogens with one attached hydrogen (secondary N) is 1. The number of rotatable bonds is 18. The number of pyridine rings is 1. The second kappa shape index (κ2) is 19.2. The number of benzene rings is 1. The third-order valence-electron chi connectivity index (χ3n) is 10.4. The molecule has 6 aromatic heterocycles.